The van der Waals surface area contributed by atoms with E-state index in [0.717, 1.165) is 11.3 Å². The van der Waals surface area contributed by atoms with Crippen LogP contribution in [0.4, 0.5) is 10.5 Å². The van der Waals surface area contributed by atoms with E-state index < -0.39 is 12.1 Å². The zero-order valence-corrected chi connectivity index (χ0v) is 22.0. The largest absolute Gasteiger partial charge is 0.328 e. The lowest BCUT2D eigenvalue weighted by Gasteiger charge is -2.18. The van der Waals surface area contributed by atoms with Crippen molar-refractivity contribution in [2.45, 2.75) is 30.8 Å². The van der Waals surface area contributed by atoms with E-state index in [1.54, 1.807) is 30.0 Å². The highest BCUT2D eigenvalue weighted by molar-refractivity contribution is 7.98. The smallest absolute Gasteiger partial charge is 0.319 e. The Morgan fingerprint density at radius 3 is 2.57 bits per heavy atom. The Hall–Kier alpha value is -2.71. The third-order valence-corrected chi connectivity index (χ3v) is 7.27. The van der Waals surface area contributed by atoms with Gasteiger partial charge in [-0.25, -0.2) is 4.79 Å². The molecule has 0 bridgehead atoms. The zero-order chi connectivity index (χ0) is 24.9. The molecule has 2 N–H and O–H groups in total. The average Bonchev–Trinajstić information content (AvgIpc) is 3.27. The van der Waals surface area contributed by atoms with Crippen molar-refractivity contribution in [2.75, 3.05) is 5.32 Å². The quantitative estimate of drug-likeness (QED) is 0.233. The van der Waals surface area contributed by atoms with Crippen LogP contribution in [0.1, 0.15) is 29.9 Å². The number of nitrogens with one attached hydrogen (secondary N) is 2. The lowest BCUT2D eigenvalue weighted by atomic mass is 10.2. The normalized spacial score (nSPS) is 11.8. The van der Waals surface area contributed by atoms with Crippen molar-refractivity contribution in [3.8, 4) is 5.69 Å². The second-order valence-electron chi connectivity index (χ2n) is 7.80. The topological polar surface area (TPSA) is 71.8 Å². The fraction of sp³-hybridized carbons (Fsp3) is 0.160. The Labute approximate surface area is 223 Å². The zero-order valence-electron chi connectivity index (χ0n) is 18.9. The standard InChI is InChI=1S/C25H22Cl3N5OS/c1-15-11-12-18(26)13-21(15)33-23(31-32-25(33)35-14-17-7-4-3-5-8-17)16(2)29-24(34)30-20-10-6-9-19(27)22(20)28/h3-13,16H,14H2,1-2H3,(H2,29,30,34). The van der Waals surface area contributed by atoms with Gasteiger partial charge in [-0.3, -0.25) is 4.57 Å². The number of anilines is 1. The van der Waals surface area contributed by atoms with Gasteiger partial charge >= 0.3 is 6.03 Å². The van der Waals surface area contributed by atoms with Gasteiger partial charge in [-0.15, -0.1) is 10.2 Å². The van der Waals surface area contributed by atoms with Crippen LogP contribution in [0.2, 0.25) is 15.1 Å². The Morgan fingerprint density at radius 1 is 1.03 bits per heavy atom. The molecule has 0 saturated heterocycles. The summed E-state index contributed by atoms with van der Waals surface area (Å²) in [5, 5.41) is 16.4. The van der Waals surface area contributed by atoms with Crippen LogP contribution in [-0.2, 0) is 5.75 Å². The number of rotatable bonds is 7. The number of halogens is 3. The highest BCUT2D eigenvalue weighted by Gasteiger charge is 2.23. The predicted molar refractivity (Wildman–Crippen MR) is 144 cm³/mol. The number of hydrogen-bond donors (Lipinski definition) is 2. The van der Waals surface area contributed by atoms with Gasteiger partial charge in [-0.05, 0) is 49.2 Å². The Balaban J connectivity index is 1.61. The second kappa shape index (κ2) is 11.4. The van der Waals surface area contributed by atoms with E-state index in [0.29, 0.717) is 32.5 Å². The van der Waals surface area contributed by atoms with Crippen molar-refractivity contribution in [1.29, 1.82) is 0 Å². The highest BCUT2D eigenvalue weighted by Crippen LogP contribution is 2.31. The number of carbonyl (C=O) groups is 1. The third kappa shape index (κ3) is 6.11. The molecule has 6 nitrogen and oxygen atoms in total. The molecule has 0 fully saturated rings. The molecule has 1 aromatic heterocycles. The van der Waals surface area contributed by atoms with Gasteiger partial charge in [-0.2, -0.15) is 0 Å². The molecular formula is C25H22Cl3N5OS. The summed E-state index contributed by atoms with van der Waals surface area (Å²) in [5.74, 6) is 1.28. The van der Waals surface area contributed by atoms with Gasteiger partial charge in [0, 0.05) is 10.8 Å². The fourth-order valence-electron chi connectivity index (χ4n) is 3.45. The van der Waals surface area contributed by atoms with E-state index in [1.807, 2.05) is 54.8 Å². The number of aryl methyl sites for hydroxylation is 1. The minimum Gasteiger partial charge on any atom is -0.328 e. The third-order valence-electron chi connectivity index (χ3n) is 5.22. The van der Waals surface area contributed by atoms with E-state index in [1.165, 1.54) is 5.56 Å². The molecule has 0 spiro atoms. The predicted octanol–water partition coefficient (Wildman–Crippen LogP) is 7.71. The van der Waals surface area contributed by atoms with Crippen molar-refractivity contribution in [3.63, 3.8) is 0 Å². The second-order valence-corrected chi connectivity index (χ2v) is 9.97. The molecule has 3 aromatic carbocycles. The molecule has 1 atom stereocenters. The van der Waals surface area contributed by atoms with E-state index in [2.05, 4.69) is 33.0 Å². The van der Waals surface area contributed by atoms with E-state index in [-0.39, 0.29) is 5.02 Å². The van der Waals surface area contributed by atoms with Crippen molar-refractivity contribution >= 4 is 58.3 Å². The first-order chi connectivity index (χ1) is 16.8. The SMILES string of the molecule is Cc1ccc(Cl)cc1-n1c(SCc2ccccc2)nnc1C(C)NC(=O)Nc1cccc(Cl)c1Cl. The van der Waals surface area contributed by atoms with E-state index in [4.69, 9.17) is 34.8 Å². The van der Waals surface area contributed by atoms with Gasteiger partial charge < -0.3 is 10.6 Å². The summed E-state index contributed by atoms with van der Waals surface area (Å²) in [7, 11) is 0. The minimum absolute atomic E-state index is 0.272. The molecule has 4 aromatic rings. The molecule has 10 heteroatoms. The van der Waals surface area contributed by atoms with Gasteiger partial charge in [0.1, 0.15) is 0 Å². The lowest BCUT2D eigenvalue weighted by molar-refractivity contribution is 0.249. The van der Waals surface area contributed by atoms with Crippen molar-refractivity contribution in [2.24, 2.45) is 0 Å². The number of amides is 2. The maximum absolute atomic E-state index is 12.7. The molecule has 0 saturated carbocycles. The number of aromatic nitrogens is 3. The van der Waals surface area contributed by atoms with Crippen LogP contribution in [0, 0.1) is 6.92 Å². The fourth-order valence-corrected chi connectivity index (χ4v) is 4.87. The molecule has 1 heterocycles. The van der Waals surface area contributed by atoms with Gasteiger partial charge in [0.25, 0.3) is 0 Å². The number of nitrogens with zero attached hydrogens (tertiary/aromatic N) is 3. The number of urea groups is 1. The summed E-state index contributed by atoms with van der Waals surface area (Å²) in [6.07, 6.45) is 0. The summed E-state index contributed by atoms with van der Waals surface area (Å²) in [5.41, 5.74) is 3.43. The van der Waals surface area contributed by atoms with Crippen LogP contribution in [0.25, 0.3) is 5.69 Å². The van der Waals surface area contributed by atoms with E-state index in [9.17, 15) is 4.79 Å². The molecule has 180 valence electrons. The van der Waals surface area contributed by atoms with Gasteiger partial charge in [0.2, 0.25) is 0 Å². The van der Waals surface area contributed by atoms with E-state index >= 15 is 0 Å². The minimum atomic E-state index is -0.482. The lowest BCUT2D eigenvalue weighted by Crippen LogP contribution is -2.32. The van der Waals surface area contributed by atoms with Crippen molar-refractivity contribution in [3.05, 3.63) is 98.7 Å². The maximum Gasteiger partial charge on any atom is 0.319 e. The summed E-state index contributed by atoms with van der Waals surface area (Å²) in [6, 6.07) is 19.9. The summed E-state index contributed by atoms with van der Waals surface area (Å²) in [4.78, 5) is 12.7. The molecule has 0 aliphatic carbocycles. The highest BCUT2D eigenvalue weighted by atomic mass is 35.5. The maximum atomic E-state index is 12.7. The molecule has 2 amide bonds. The van der Waals surface area contributed by atoms with Gasteiger partial charge in [-0.1, -0.05) is 89.0 Å². The van der Waals surface area contributed by atoms with Crippen LogP contribution in [0.5, 0.6) is 0 Å². The van der Waals surface area contributed by atoms with Crippen LogP contribution < -0.4 is 10.6 Å². The first kappa shape index (κ1) is 25.4. The molecule has 4 rings (SSSR count). The van der Waals surface area contributed by atoms with Crippen LogP contribution in [0.3, 0.4) is 0 Å². The summed E-state index contributed by atoms with van der Waals surface area (Å²) < 4.78 is 1.94. The van der Waals surface area contributed by atoms with Gasteiger partial charge in [0.15, 0.2) is 11.0 Å². The number of benzene rings is 3. The number of carbonyl (C=O) groups excluding carboxylic acids is 1. The molecule has 35 heavy (non-hydrogen) atoms. The molecule has 0 aliphatic heterocycles. The Morgan fingerprint density at radius 2 is 1.80 bits per heavy atom. The van der Waals surface area contributed by atoms with Crippen molar-refractivity contribution in [1.82, 2.24) is 20.1 Å². The van der Waals surface area contributed by atoms with Crippen molar-refractivity contribution < 1.29 is 4.79 Å². The Kier molecular flexibility index (Phi) is 8.23. The van der Waals surface area contributed by atoms with Crippen LogP contribution in [0.15, 0.2) is 71.9 Å². The first-order valence-corrected chi connectivity index (χ1v) is 12.9. The Bertz CT molecular complexity index is 1350. The monoisotopic (exact) mass is 545 g/mol. The van der Waals surface area contributed by atoms with Crippen LogP contribution in [-0.4, -0.2) is 20.8 Å². The number of thioether (sulfide) groups is 1. The average molecular weight is 547 g/mol. The summed E-state index contributed by atoms with van der Waals surface area (Å²) >= 11 is 20.1. The van der Waals surface area contributed by atoms with Crippen LogP contribution >= 0.6 is 46.6 Å². The molecular weight excluding hydrogens is 525 g/mol. The molecule has 1 unspecified atom stereocenters. The molecule has 0 radical (unpaired) electrons. The summed E-state index contributed by atoms with van der Waals surface area (Å²) in [6.45, 7) is 3.83. The number of hydrogen-bond acceptors (Lipinski definition) is 4. The molecule has 0 aliphatic rings. The first-order valence-electron chi connectivity index (χ1n) is 10.7. The van der Waals surface area contributed by atoms with Gasteiger partial charge in [0.05, 0.1) is 27.5 Å².